The second kappa shape index (κ2) is 6.96. The van der Waals surface area contributed by atoms with Crippen LogP contribution in [-0.2, 0) is 4.79 Å². The first-order valence-corrected chi connectivity index (χ1v) is 5.67. The van der Waals surface area contributed by atoms with Crippen LogP contribution < -0.4 is 5.73 Å². The Morgan fingerprint density at radius 2 is 2.00 bits per heavy atom. The summed E-state index contributed by atoms with van der Waals surface area (Å²) in [5.41, 5.74) is 7.10. The molecule has 2 N–H and O–H groups in total. The number of allylic oxidation sites excluding steroid dienone is 1. The van der Waals surface area contributed by atoms with E-state index in [1.165, 1.54) is 0 Å². The number of Topliss-reactive ketones (excluding diaryl/α,β-unsaturated/α-hetero) is 1. The first kappa shape index (κ1) is 12.7. The van der Waals surface area contributed by atoms with Crippen LogP contribution >= 0.6 is 0 Å². The molecule has 0 amide bonds. The number of benzene rings is 1. The van der Waals surface area contributed by atoms with Gasteiger partial charge in [0.05, 0.1) is 0 Å². The van der Waals surface area contributed by atoms with Crippen molar-refractivity contribution in [2.24, 2.45) is 5.73 Å². The highest BCUT2D eigenvalue weighted by Gasteiger charge is 2.08. The van der Waals surface area contributed by atoms with Gasteiger partial charge in [0, 0.05) is 18.9 Å². The van der Waals surface area contributed by atoms with E-state index in [-0.39, 0.29) is 11.8 Å². The van der Waals surface area contributed by atoms with E-state index in [4.69, 9.17) is 5.73 Å². The molecule has 0 saturated carbocycles. The molecule has 0 spiro atoms. The average molecular weight is 217 g/mol. The van der Waals surface area contributed by atoms with Crippen LogP contribution in [0.3, 0.4) is 0 Å². The Bertz CT molecular complexity index is 332. The third-order valence-corrected chi connectivity index (χ3v) is 2.59. The van der Waals surface area contributed by atoms with Crippen molar-refractivity contribution in [3.05, 3.63) is 48.6 Å². The molecule has 0 saturated heterocycles. The van der Waals surface area contributed by atoms with E-state index in [2.05, 4.69) is 6.58 Å². The topological polar surface area (TPSA) is 43.1 Å². The molecule has 2 nitrogen and oxygen atoms in total. The molecular weight excluding hydrogens is 198 g/mol. The normalized spacial score (nSPS) is 12.1. The van der Waals surface area contributed by atoms with Gasteiger partial charge in [0.2, 0.25) is 0 Å². The maximum Gasteiger partial charge on any atom is 0.133 e. The van der Waals surface area contributed by atoms with Crippen molar-refractivity contribution in [2.75, 3.05) is 0 Å². The first-order valence-electron chi connectivity index (χ1n) is 5.67. The molecule has 0 fully saturated rings. The summed E-state index contributed by atoms with van der Waals surface area (Å²) in [6.45, 7) is 3.60. The van der Waals surface area contributed by atoms with Crippen molar-refractivity contribution in [3.8, 4) is 0 Å². The Labute approximate surface area is 97.2 Å². The van der Waals surface area contributed by atoms with E-state index >= 15 is 0 Å². The van der Waals surface area contributed by atoms with E-state index in [9.17, 15) is 4.79 Å². The van der Waals surface area contributed by atoms with E-state index in [0.29, 0.717) is 12.8 Å². The second-order valence-electron chi connectivity index (χ2n) is 3.92. The average Bonchev–Trinajstić information content (AvgIpc) is 2.34. The molecule has 86 valence electrons. The summed E-state index contributed by atoms with van der Waals surface area (Å²) >= 11 is 0. The van der Waals surface area contributed by atoms with Crippen LogP contribution in [0.25, 0.3) is 0 Å². The molecule has 1 unspecified atom stereocenters. The van der Waals surface area contributed by atoms with Crippen LogP contribution in [0.4, 0.5) is 0 Å². The molecule has 0 radical (unpaired) electrons. The molecule has 0 aliphatic carbocycles. The summed E-state index contributed by atoms with van der Waals surface area (Å²) in [7, 11) is 0. The van der Waals surface area contributed by atoms with E-state index < -0.39 is 0 Å². The van der Waals surface area contributed by atoms with Crippen molar-refractivity contribution < 1.29 is 4.79 Å². The fourth-order valence-electron chi connectivity index (χ4n) is 1.57. The zero-order valence-electron chi connectivity index (χ0n) is 9.56. The van der Waals surface area contributed by atoms with Gasteiger partial charge in [-0.05, 0) is 18.4 Å². The molecule has 2 heteroatoms. The zero-order chi connectivity index (χ0) is 11.8. The van der Waals surface area contributed by atoms with Gasteiger partial charge in [0.15, 0.2) is 0 Å². The summed E-state index contributed by atoms with van der Waals surface area (Å²) in [5.74, 6) is 0.270. The van der Waals surface area contributed by atoms with Crippen LogP contribution in [-0.4, -0.2) is 5.78 Å². The molecule has 16 heavy (non-hydrogen) atoms. The lowest BCUT2D eigenvalue weighted by molar-refractivity contribution is -0.119. The van der Waals surface area contributed by atoms with Crippen molar-refractivity contribution >= 4 is 5.78 Å². The number of carbonyl (C=O) groups excluding carboxylic acids is 1. The minimum Gasteiger partial charge on any atom is -0.324 e. The van der Waals surface area contributed by atoms with Gasteiger partial charge in [0.1, 0.15) is 5.78 Å². The molecule has 0 heterocycles. The van der Waals surface area contributed by atoms with Crippen LogP contribution in [0.5, 0.6) is 0 Å². The molecule has 0 bridgehead atoms. The standard InChI is InChI=1S/C14H19NO/c1-2-3-9-13(16)10-11-14(15)12-7-5-4-6-8-12/h2,4-8,14H,1,3,9-11,15H2. The fraction of sp³-hybridized carbons (Fsp3) is 0.357. The molecule has 0 aromatic heterocycles. The zero-order valence-corrected chi connectivity index (χ0v) is 9.56. The van der Waals surface area contributed by atoms with Gasteiger partial charge in [0.25, 0.3) is 0 Å². The van der Waals surface area contributed by atoms with Crippen LogP contribution in [0.15, 0.2) is 43.0 Å². The number of nitrogens with two attached hydrogens (primary N) is 1. The van der Waals surface area contributed by atoms with Crippen molar-refractivity contribution in [2.45, 2.75) is 31.7 Å². The van der Waals surface area contributed by atoms with E-state index in [1.807, 2.05) is 30.3 Å². The summed E-state index contributed by atoms with van der Waals surface area (Å²) in [5, 5.41) is 0. The van der Waals surface area contributed by atoms with Gasteiger partial charge >= 0.3 is 0 Å². The lowest BCUT2D eigenvalue weighted by Gasteiger charge is -2.10. The van der Waals surface area contributed by atoms with Crippen LogP contribution in [0, 0.1) is 0 Å². The smallest absolute Gasteiger partial charge is 0.133 e. The summed E-state index contributed by atoms with van der Waals surface area (Å²) in [6, 6.07) is 9.86. The monoisotopic (exact) mass is 217 g/mol. The molecule has 0 aliphatic rings. The first-order chi connectivity index (χ1) is 7.74. The van der Waals surface area contributed by atoms with Crippen LogP contribution in [0.1, 0.15) is 37.3 Å². The van der Waals surface area contributed by atoms with Gasteiger partial charge in [-0.1, -0.05) is 36.4 Å². The minimum absolute atomic E-state index is 0.0334. The minimum atomic E-state index is -0.0334. The lowest BCUT2D eigenvalue weighted by Crippen LogP contribution is -2.12. The largest absolute Gasteiger partial charge is 0.324 e. The Hall–Kier alpha value is -1.41. The second-order valence-corrected chi connectivity index (χ2v) is 3.92. The van der Waals surface area contributed by atoms with Gasteiger partial charge in [-0.3, -0.25) is 4.79 Å². The quantitative estimate of drug-likeness (QED) is 0.713. The van der Waals surface area contributed by atoms with Crippen molar-refractivity contribution in [1.29, 1.82) is 0 Å². The van der Waals surface area contributed by atoms with Gasteiger partial charge < -0.3 is 5.73 Å². The number of ketones is 1. The van der Waals surface area contributed by atoms with Gasteiger partial charge in [-0.25, -0.2) is 0 Å². The van der Waals surface area contributed by atoms with Crippen molar-refractivity contribution in [1.82, 2.24) is 0 Å². The molecule has 1 aromatic carbocycles. The van der Waals surface area contributed by atoms with Crippen molar-refractivity contribution in [3.63, 3.8) is 0 Å². The number of rotatable bonds is 7. The Balaban J connectivity index is 2.33. The van der Waals surface area contributed by atoms with Gasteiger partial charge in [-0.2, -0.15) is 0 Å². The van der Waals surface area contributed by atoms with E-state index in [0.717, 1.165) is 18.4 Å². The molecule has 1 rings (SSSR count). The predicted molar refractivity (Wildman–Crippen MR) is 67.0 cm³/mol. The maximum absolute atomic E-state index is 11.4. The Morgan fingerprint density at radius 1 is 1.31 bits per heavy atom. The molecule has 1 atom stereocenters. The maximum atomic E-state index is 11.4. The highest BCUT2D eigenvalue weighted by atomic mass is 16.1. The Morgan fingerprint density at radius 3 is 2.62 bits per heavy atom. The summed E-state index contributed by atoms with van der Waals surface area (Å²) in [6.07, 6.45) is 4.41. The third-order valence-electron chi connectivity index (χ3n) is 2.59. The predicted octanol–water partition coefficient (Wildman–Crippen LogP) is 3.00. The van der Waals surface area contributed by atoms with Crippen LogP contribution in [0.2, 0.25) is 0 Å². The molecule has 1 aromatic rings. The van der Waals surface area contributed by atoms with E-state index in [1.54, 1.807) is 6.08 Å². The summed E-state index contributed by atoms with van der Waals surface area (Å²) in [4.78, 5) is 11.4. The van der Waals surface area contributed by atoms with Gasteiger partial charge in [-0.15, -0.1) is 6.58 Å². The molecule has 0 aliphatic heterocycles. The highest BCUT2D eigenvalue weighted by Crippen LogP contribution is 2.15. The SMILES string of the molecule is C=CCCC(=O)CCC(N)c1ccccc1. The number of hydrogen-bond donors (Lipinski definition) is 1. The number of carbonyl (C=O) groups is 1. The molecular formula is C14H19NO. The highest BCUT2D eigenvalue weighted by molar-refractivity contribution is 5.78. The Kier molecular flexibility index (Phi) is 5.51. The fourth-order valence-corrected chi connectivity index (χ4v) is 1.57. The number of hydrogen-bond acceptors (Lipinski definition) is 2. The summed E-state index contributed by atoms with van der Waals surface area (Å²) < 4.78 is 0. The lowest BCUT2D eigenvalue weighted by atomic mass is 10.0. The third kappa shape index (κ3) is 4.41.